The molecule has 0 amide bonds. The van der Waals surface area contributed by atoms with Crippen molar-refractivity contribution in [1.82, 2.24) is 4.57 Å². The summed E-state index contributed by atoms with van der Waals surface area (Å²) in [5.74, 6) is 0. The summed E-state index contributed by atoms with van der Waals surface area (Å²) >= 11 is 0. The summed E-state index contributed by atoms with van der Waals surface area (Å²) in [6, 6.07) is 8.85. The van der Waals surface area contributed by atoms with Gasteiger partial charge in [-0.05, 0) is 20.0 Å². The normalized spacial score (nSPS) is 8.17. The number of nitrogens with zero attached hydrogens (tertiary/aromatic N) is 1. The number of hydrogen-bond donors (Lipinski definition) is 0. The summed E-state index contributed by atoms with van der Waals surface area (Å²) in [5, 5.41) is 2.54. The molecule has 0 spiro atoms. The van der Waals surface area contributed by atoms with Gasteiger partial charge in [0.15, 0.2) is 0 Å². The molecule has 0 aliphatic carbocycles. The third kappa shape index (κ3) is 5.90. The third-order valence-electron chi connectivity index (χ3n) is 2.42. The molecule has 0 fully saturated rings. The zero-order chi connectivity index (χ0) is 9.42. The number of rotatable bonds is 1. The number of fused-ring (bicyclic) bond motifs is 1. The smallest absolute Gasteiger partial charge is 0.0246 e. The summed E-state index contributed by atoms with van der Waals surface area (Å²) < 4.78 is 2.21. The van der Waals surface area contributed by atoms with Crippen molar-refractivity contribution < 1.29 is 92.8 Å². The average molecular weight is 427 g/mol. The van der Waals surface area contributed by atoms with Crippen LogP contribution >= 0.6 is 0 Å². The molecular formula is C12H14NV5-. The van der Waals surface area contributed by atoms with Crippen molar-refractivity contribution in [2.24, 2.45) is 0 Å². The summed E-state index contributed by atoms with van der Waals surface area (Å²) in [6.45, 7) is 8.44. The maximum atomic E-state index is 4.09. The topological polar surface area (TPSA) is 4.93 Å². The van der Waals surface area contributed by atoms with Gasteiger partial charge in [0.1, 0.15) is 0 Å². The number of hydrogen-bond acceptors (Lipinski definition) is 0. The summed E-state index contributed by atoms with van der Waals surface area (Å²) in [7, 11) is 0. The average Bonchev–Trinajstić information content (AvgIpc) is 2.45. The molecule has 0 saturated heterocycles. The Morgan fingerprint density at radius 1 is 0.944 bits per heavy atom. The molecule has 0 unspecified atom stereocenters. The molecule has 0 aliphatic rings. The van der Waals surface area contributed by atoms with Crippen LogP contribution in [-0.4, -0.2) is 4.57 Å². The first-order valence-electron chi connectivity index (χ1n) is 4.61. The molecule has 0 atom stereocenters. The Balaban J connectivity index is -0.000000196. The Morgan fingerprint density at radius 3 is 1.89 bits per heavy atom. The van der Waals surface area contributed by atoms with Gasteiger partial charge in [-0.2, -0.15) is 0 Å². The molecule has 93 valence electrons. The van der Waals surface area contributed by atoms with E-state index in [4.69, 9.17) is 0 Å². The second-order valence-corrected chi connectivity index (χ2v) is 3.66. The molecule has 0 saturated carbocycles. The summed E-state index contributed by atoms with van der Waals surface area (Å²) in [4.78, 5) is 0. The standard InChI is InChI=1S/C12H14N.5V/c1-9(2)13-8-11-6-4-5-7-12(11)10(13)3;;;;;/h4-9H,3H2,1-2H3;;;;;/q-1;;;;;. The minimum absolute atomic E-state index is 0. The second kappa shape index (κ2) is 12.3. The van der Waals surface area contributed by atoms with Gasteiger partial charge in [0.2, 0.25) is 0 Å². The largest absolute Gasteiger partial charge is 0.380 e. The van der Waals surface area contributed by atoms with E-state index < -0.39 is 0 Å². The Labute approximate surface area is 169 Å². The zero-order valence-electron chi connectivity index (χ0n) is 10.4. The predicted molar refractivity (Wildman–Crippen MR) is 56.8 cm³/mol. The fourth-order valence-corrected chi connectivity index (χ4v) is 1.70. The van der Waals surface area contributed by atoms with Crippen LogP contribution in [0, 0.1) is 6.92 Å². The van der Waals surface area contributed by atoms with Crippen molar-refractivity contribution in [3.8, 4) is 0 Å². The van der Waals surface area contributed by atoms with Gasteiger partial charge in [0, 0.05) is 98.8 Å². The van der Waals surface area contributed by atoms with E-state index in [0.717, 1.165) is 5.69 Å². The Bertz CT molecular complexity index is 439. The van der Waals surface area contributed by atoms with Gasteiger partial charge < -0.3 is 4.57 Å². The predicted octanol–water partition coefficient (Wildman–Crippen LogP) is 3.39. The maximum Gasteiger partial charge on any atom is 0.0246 e. The van der Waals surface area contributed by atoms with Gasteiger partial charge in [0.25, 0.3) is 0 Å². The van der Waals surface area contributed by atoms with Crippen LogP contribution in [0.1, 0.15) is 25.6 Å². The minimum Gasteiger partial charge on any atom is -0.380 e. The second-order valence-electron chi connectivity index (χ2n) is 3.66. The quantitative estimate of drug-likeness (QED) is 0.616. The van der Waals surface area contributed by atoms with E-state index in [9.17, 15) is 0 Å². The van der Waals surface area contributed by atoms with Crippen LogP contribution in [0.4, 0.5) is 0 Å². The van der Waals surface area contributed by atoms with Crippen LogP contribution < -0.4 is 0 Å². The molecular weight excluding hydrogens is 413 g/mol. The van der Waals surface area contributed by atoms with Crippen molar-refractivity contribution in [2.75, 3.05) is 0 Å². The molecule has 6 heteroatoms. The molecule has 1 heterocycles. The Morgan fingerprint density at radius 2 is 1.44 bits per heavy atom. The van der Waals surface area contributed by atoms with Crippen molar-refractivity contribution in [2.45, 2.75) is 19.9 Å². The molecule has 0 bridgehead atoms. The van der Waals surface area contributed by atoms with E-state index in [1.807, 2.05) is 0 Å². The van der Waals surface area contributed by atoms with E-state index in [1.165, 1.54) is 10.8 Å². The van der Waals surface area contributed by atoms with Crippen LogP contribution in [0.25, 0.3) is 10.8 Å². The van der Waals surface area contributed by atoms with E-state index in [2.05, 4.69) is 55.8 Å². The van der Waals surface area contributed by atoms with Crippen LogP contribution in [-0.2, 0) is 92.8 Å². The molecule has 1 aromatic heterocycles. The van der Waals surface area contributed by atoms with E-state index in [0.29, 0.717) is 6.04 Å². The Hall–Kier alpha value is 1.55. The Kier molecular flexibility index (Phi) is 19.0. The van der Waals surface area contributed by atoms with Crippen molar-refractivity contribution in [3.05, 3.63) is 43.1 Å². The van der Waals surface area contributed by atoms with Crippen molar-refractivity contribution >= 4 is 10.8 Å². The first-order chi connectivity index (χ1) is 6.20. The molecule has 5 radical (unpaired) electrons. The fraction of sp³-hybridized carbons (Fsp3) is 0.250. The van der Waals surface area contributed by atoms with E-state index in [1.54, 1.807) is 0 Å². The summed E-state index contributed by atoms with van der Waals surface area (Å²) in [6.07, 6.45) is 2.17. The molecule has 1 nitrogen and oxygen atoms in total. The van der Waals surface area contributed by atoms with Gasteiger partial charge >= 0.3 is 0 Å². The SMILES string of the molecule is [CH2-]c1c2ccccc2cn1C(C)C.[V].[V].[V].[V].[V]. The van der Waals surface area contributed by atoms with Gasteiger partial charge in [0.05, 0.1) is 0 Å². The van der Waals surface area contributed by atoms with Crippen molar-refractivity contribution in [1.29, 1.82) is 0 Å². The summed E-state index contributed by atoms with van der Waals surface area (Å²) in [5.41, 5.74) is 1.12. The van der Waals surface area contributed by atoms with Gasteiger partial charge in [-0.3, -0.25) is 0 Å². The van der Waals surface area contributed by atoms with Crippen LogP contribution in [0.15, 0.2) is 30.5 Å². The van der Waals surface area contributed by atoms with Crippen LogP contribution in [0.5, 0.6) is 0 Å². The molecule has 0 N–H and O–H groups in total. The molecule has 18 heavy (non-hydrogen) atoms. The first kappa shape index (κ1) is 27.8. The fourth-order valence-electron chi connectivity index (χ4n) is 1.70. The molecule has 1 aromatic carbocycles. The van der Waals surface area contributed by atoms with Crippen LogP contribution in [0.2, 0.25) is 0 Å². The van der Waals surface area contributed by atoms with E-state index in [-0.39, 0.29) is 92.8 Å². The molecule has 0 aliphatic heterocycles. The van der Waals surface area contributed by atoms with Crippen LogP contribution in [0.3, 0.4) is 0 Å². The van der Waals surface area contributed by atoms with Gasteiger partial charge in [-0.1, -0.05) is 23.6 Å². The third-order valence-corrected chi connectivity index (χ3v) is 2.42. The minimum atomic E-state index is 0. The van der Waals surface area contributed by atoms with Gasteiger partial charge in [-0.15, -0.1) is 17.1 Å². The monoisotopic (exact) mass is 427 g/mol. The molecule has 2 aromatic rings. The maximum absolute atomic E-state index is 4.09. The molecule has 2 rings (SSSR count). The van der Waals surface area contributed by atoms with Gasteiger partial charge in [-0.25, -0.2) is 6.92 Å². The zero-order valence-corrected chi connectivity index (χ0v) is 17.3. The first-order valence-corrected chi connectivity index (χ1v) is 4.61. The number of aromatic nitrogens is 1. The van der Waals surface area contributed by atoms with Crippen molar-refractivity contribution in [3.63, 3.8) is 0 Å². The number of benzene rings is 1. The van der Waals surface area contributed by atoms with E-state index >= 15 is 0 Å².